The normalized spacial score (nSPS) is 48.1. The molecule has 10 atom stereocenters. The molecular weight excluding hydrogens is 756 g/mol. The van der Waals surface area contributed by atoms with Crippen LogP contribution in [-0.4, -0.2) is 22.2 Å². The number of anilines is 1. The SMILES string of the molecule is CN(C)c1ccccc1.Cc1cc(C)cc(P(c2cc(C)cc(C)c2)[C]23[CH]4[CH]5[CH]6[C]2(C)[Fe]56432789[CH]3[CH]2[C]7(C)[C@@]8(P(c2cc(C)cc(C)c2)c2cc(C)cc(C)c2)[CH]39)c1. The molecule has 10 heterocycles. The van der Waals surface area contributed by atoms with Crippen LogP contribution in [0.15, 0.2) is 103 Å². The third-order valence-electron chi connectivity index (χ3n) is 24.3. The average Bonchev–Trinajstić information content (AvgIpc) is 4.07. The van der Waals surface area contributed by atoms with Crippen LogP contribution in [0.1, 0.15) is 58.4 Å². The van der Waals surface area contributed by atoms with Crippen LogP contribution in [0.2, 0.25) is 37.5 Å². The van der Waals surface area contributed by atoms with Crippen molar-refractivity contribution >= 4 is 42.7 Å². The first-order valence-electron chi connectivity index (χ1n) is 21.2. The summed E-state index contributed by atoms with van der Waals surface area (Å²) in [5.74, 6) is 0. The number of benzene rings is 5. The average molecular weight is 816 g/mol. The molecule has 290 valence electrons. The van der Waals surface area contributed by atoms with Crippen molar-refractivity contribution in [2.24, 2.45) is 0 Å². The van der Waals surface area contributed by atoms with Crippen molar-refractivity contribution < 1.29 is 6.51 Å². The molecule has 1 nitrogen and oxygen atoms in total. The zero-order valence-corrected chi connectivity index (χ0v) is 38.4. The molecule has 10 aliphatic rings. The van der Waals surface area contributed by atoms with E-state index in [4.69, 9.17) is 0 Å². The summed E-state index contributed by atoms with van der Waals surface area (Å²) in [6.07, 6.45) is 0. The predicted molar refractivity (Wildman–Crippen MR) is 242 cm³/mol. The second-order valence-electron chi connectivity index (χ2n) is 22.8. The van der Waals surface area contributed by atoms with Crippen LogP contribution >= 0.6 is 15.8 Å². The Kier molecular flexibility index (Phi) is 3.65. The van der Waals surface area contributed by atoms with Crippen LogP contribution in [0.5, 0.6) is 0 Å². The fourth-order valence-corrected chi connectivity index (χ4v) is 139. The van der Waals surface area contributed by atoms with Crippen molar-refractivity contribution in [3.8, 4) is 0 Å². The molecular formula is C52H59FeNP2. The quantitative estimate of drug-likeness (QED) is 0.117. The molecule has 15 rings (SSSR count). The van der Waals surface area contributed by atoms with E-state index in [1.54, 1.807) is 21.2 Å². The van der Waals surface area contributed by atoms with Gasteiger partial charge in [-0.15, -0.1) is 0 Å². The Morgan fingerprint density at radius 2 is 0.714 bits per heavy atom. The van der Waals surface area contributed by atoms with E-state index in [0.29, 0.717) is 16.7 Å². The second-order valence-corrected chi connectivity index (χ2v) is 51.5. The number of hydrogen-bond acceptors (Lipinski definition) is 1. The first-order chi connectivity index (χ1) is 26.3. The Bertz CT molecular complexity index is 2820. The molecule has 1 spiro atoms. The number of fused-ring (bicyclic) bond motifs is 10. The Hall–Kier alpha value is -2.72. The summed E-state index contributed by atoms with van der Waals surface area (Å²) in [5, 5.41) is 6.99. The van der Waals surface area contributed by atoms with Crippen molar-refractivity contribution in [3.63, 3.8) is 0 Å². The molecule has 4 heteroatoms. The fourth-order valence-electron chi connectivity index (χ4n) is 26.6. The first kappa shape index (κ1) is 33.1. The Morgan fingerprint density at radius 1 is 0.429 bits per heavy atom. The van der Waals surface area contributed by atoms with Gasteiger partial charge in [0.05, 0.1) is 0 Å². The summed E-state index contributed by atoms with van der Waals surface area (Å²) in [6, 6.07) is 41.4. The van der Waals surface area contributed by atoms with Gasteiger partial charge in [0, 0.05) is 19.8 Å². The van der Waals surface area contributed by atoms with Gasteiger partial charge in [0.15, 0.2) is 0 Å². The Morgan fingerprint density at radius 3 is 0.911 bits per heavy atom. The van der Waals surface area contributed by atoms with E-state index in [0.717, 1.165) is 9.63 Å². The Balaban J connectivity index is 0.000000315. The van der Waals surface area contributed by atoms with Crippen LogP contribution < -0.4 is 26.1 Å². The monoisotopic (exact) mass is 815 g/mol. The molecule has 0 N–H and O–H groups in total. The molecule has 0 aliphatic carbocycles. The van der Waals surface area contributed by atoms with E-state index in [2.05, 4.69) is 159 Å². The number of aryl methyl sites for hydroxylation is 8. The molecule has 0 aromatic heterocycles. The van der Waals surface area contributed by atoms with Gasteiger partial charge in [-0.1, -0.05) is 18.2 Å². The van der Waals surface area contributed by atoms with Crippen LogP contribution in [0.4, 0.5) is 5.69 Å². The summed E-state index contributed by atoms with van der Waals surface area (Å²) in [7, 11) is 3.23. The van der Waals surface area contributed by atoms with Gasteiger partial charge in [0.1, 0.15) is 0 Å². The van der Waals surface area contributed by atoms with E-state index in [-0.39, 0.29) is 0 Å². The molecule has 0 amide bonds. The number of nitrogens with zero attached hydrogens (tertiary/aromatic N) is 1. The number of rotatable bonds is 7. The molecule has 10 saturated heterocycles. The molecule has 0 saturated carbocycles. The van der Waals surface area contributed by atoms with Gasteiger partial charge in [0.25, 0.3) is 0 Å². The number of hydrogen-bond donors (Lipinski definition) is 0. The minimum atomic E-state index is -4.36. The third kappa shape index (κ3) is 1.13. The van der Waals surface area contributed by atoms with Crippen molar-refractivity contribution in [3.05, 3.63) is 148 Å². The third-order valence-corrected chi connectivity index (χ3v) is 84.4. The van der Waals surface area contributed by atoms with E-state index >= 15 is 0 Å². The van der Waals surface area contributed by atoms with Crippen LogP contribution in [0, 0.1) is 55.4 Å². The van der Waals surface area contributed by atoms with Gasteiger partial charge >= 0.3 is 276 Å². The zero-order valence-electron chi connectivity index (χ0n) is 35.5. The predicted octanol–water partition coefficient (Wildman–Crippen LogP) is 12.5. The van der Waals surface area contributed by atoms with Gasteiger partial charge in [0.2, 0.25) is 0 Å². The number of para-hydroxylation sites is 1. The maximum absolute atomic E-state index is 4.36. The van der Waals surface area contributed by atoms with Crippen molar-refractivity contribution in [2.75, 3.05) is 19.0 Å². The molecule has 9 unspecified atom stereocenters. The molecule has 10 fully saturated rings. The van der Waals surface area contributed by atoms with E-state index in [9.17, 15) is 0 Å². The van der Waals surface area contributed by atoms with Crippen LogP contribution in [-0.2, 0) is 6.51 Å². The van der Waals surface area contributed by atoms with E-state index in [1.807, 2.05) is 32.3 Å². The van der Waals surface area contributed by atoms with E-state index in [1.165, 1.54) is 69.5 Å². The van der Waals surface area contributed by atoms with Gasteiger partial charge < -0.3 is 4.90 Å². The minimum absolute atomic E-state index is 0.422. The van der Waals surface area contributed by atoms with E-state index < -0.39 is 22.4 Å². The topological polar surface area (TPSA) is 3.24 Å². The van der Waals surface area contributed by atoms with Crippen molar-refractivity contribution in [2.45, 2.75) is 115 Å². The summed E-state index contributed by atoms with van der Waals surface area (Å²) < 4.78 is 2.68. The van der Waals surface area contributed by atoms with Crippen LogP contribution in [0.3, 0.4) is 0 Å². The summed E-state index contributed by atoms with van der Waals surface area (Å²) in [4.78, 5) is 9.12. The molecule has 0 bridgehead atoms. The molecule has 56 heavy (non-hydrogen) atoms. The molecule has 10 aliphatic heterocycles. The zero-order chi connectivity index (χ0) is 39.0. The molecule has 0 radical (unpaired) electrons. The fraction of sp³-hybridized carbons (Fsp3) is 0.423. The second kappa shape index (κ2) is 6.17. The summed E-state index contributed by atoms with van der Waals surface area (Å²) >= 11 is 0. The first-order valence-corrected chi connectivity index (χ1v) is 29.9. The van der Waals surface area contributed by atoms with Crippen molar-refractivity contribution in [1.29, 1.82) is 0 Å². The van der Waals surface area contributed by atoms with Gasteiger partial charge in [-0.05, 0) is 12.1 Å². The standard InChI is InChI=1S/2C22H24P.C8H11N.Fe/c2*1-15-9-16(2)12-20(11-15)23(22-8-6-7-19(22)5)21-13-17(3)10-18(4)14-21;1-9(2)8-6-4-3-5-7-8;/h2*6-14H,1-5H3;3-7H,1-2H3;. The summed E-state index contributed by atoms with van der Waals surface area (Å²) in [6.45, 7) is 20.6. The van der Waals surface area contributed by atoms with Crippen molar-refractivity contribution in [1.82, 2.24) is 0 Å². The maximum atomic E-state index is 3.02. The van der Waals surface area contributed by atoms with Gasteiger partial charge in [-0.25, -0.2) is 0 Å². The summed E-state index contributed by atoms with van der Waals surface area (Å²) in [5.41, 5.74) is 13.0. The van der Waals surface area contributed by atoms with Gasteiger partial charge in [-0.3, -0.25) is 0 Å². The van der Waals surface area contributed by atoms with Gasteiger partial charge in [-0.2, -0.15) is 0 Å². The Labute approximate surface area is 328 Å². The van der Waals surface area contributed by atoms with Crippen LogP contribution in [0.25, 0.3) is 0 Å². The molecule has 5 aromatic carbocycles. The molecule has 5 aromatic rings.